The lowest BCUT2D eigenvalue weighted by molar-refractivity contribution is -0.137. The summed E-state index contributed by atoms with van der Waals surface area (Å²) in [5, 5.41) is 9.42. The Bertz CT molecular complexity index is 1260. The van der Waals surface area contributed by atoms with Crippen LogP contribution in [0.5, 0.6) is 0 Å². The second kappa shape index (κ2) is 12.5. The molecule has 4 rings (SSSR count). The molecular weight excluding hydrogens is 508 g/mol. The highest BCUT2D eigenvalue weighted by Gasteiger charge is 2.38. The monoisotopic (exact) mass is 538 g/mol. The van der Waals surface area contributed by atoms with Gasteiger partial charge < -0.3 is 5.11 Å². The number of hydrogen-bond acceptors (Lipinski definition) is 4. The van der Waals surface area contributed by atoms with E-state index in [9.17, 15) is 13.2 Å². The van der Waals surface area contributed by atoms with Gasteiger partial charge >= 0.3 is 5.97 Å². The number of carboxylic acid groups (broad SMARTS) is 1. The Morgan fingerprint density at radius 2 is 1.59 bits per heavy atom. The van der Waals surface area contributed by atoms with Crippen LogP contribution in [0.15, 0.2) is 102 Å². The Kier molecular flexibility index (Phi) is 9.16. The first-order chi connectivity index (χ1) is 17.8. The van der Waals surface area contributed by atoms with Gasteiger partial charge in [0.05, 0.1) is 10.9 Å². The van der Waals surface area contributed by atoms with Crippen molar-refractivity contribution >= 4 is 27.6 Å². The standard InChI is InChI=1S/C29H31ClN2O4S/c30-24-16-18-27(19-17-24)37(35,36)31-25-20-26(14-8-3-9-15-28(33)34)32(21-25)29(22-10-4-1-5-11-22)23-12-6-2-7-13-23/h1-2,4-8,10-14,16-19,25-26,29,31H,3,9,15,20-21H2,(H,33,34)/t25-,26-/m1/s1. The molecule has 2 N–H and O–H groups in total. The second-order valence-electron chi connectivity index (χ2n) is 9.21. The van der Waals surface area contributed by atoms with E-state index < -0.39 is 16.0 Å². The lowest BCUT2D eigenvalue weighted by Gasteiger charge is -2.33. The van der Waals surface area contributed by atoms with Gasteiger partial charge in [-0.25, -0.2) is 13.1 Å². The molecule has 1 fully saturated rings. The van der Waals surface area contributed by atoms with Crippen LogP contribution in [-0.4, -0.2) is 43.0 Å². The zero-order valence-corrected chi connectivity index (χ0v) is 22.0. The van der Waals surface area contributed by atoms with Gasteiger partial charge in [0.25, 0.3) is 0 Å². The number of hydrogen-bond donors (Lipinski definition) is 2. The van der Waals surface area contributed by atoms with E-state index in [4.69, 9.17) is 16.7 Å². The Labute approximate surface area is 223 Å². The molecule has 194 valence electrons. The first-order valence-electron chi connectivity index (χ1n) is 12.4. The molecule has 0 radical (unpaired) electrons. The van der Waals surface area contributed by atoms with E-state index in [1.807, 2.05) is 42.5 Å². The predicted octanol–water partition coefficient (Wildman–Crippen LogP) is 5.66. The molecule has 0 aliphatic carbocycles. The summed E-state index contributed by atoms with van der Waals surface area (Å²) < 4.78 is 29.2. The molecule has 1 aliphatic rings. The van der Waals surface area contributed by atoms with Crippen LogP contribution in [-0.2, 0) is 14.8 Å². The smallest absolute Gasteiger partial charge is 0.303 e. The lowest BCUT2D eigenvalue weighted by Crippen LogP contribution is -2.38. The first-order valence-corrected chi connectivity index (χ1v) is 14.2. The zero-order valence-electron chi connectivity index (χ0n) is 20.4. The number of nitrogens with one attached hydrogen (secondary N) is 1. The van der Waals surface area contributed by atoms with E-state index in [1.165, 1.54) is 12.1 Å². The van der Waals surface area contributed by atoms with Gasteiger partial charge in [-0.15, -0.1) is 0 Å². The number of nitrogens with zero attached hydrogens (tertiary/aromatic N) is 1. The quantitative estimate of drug-likeness (QED) is 0.243. The third kappa shape index (κ3) is 7.29. The van der Waals surface area contributed by atoms with E-state index in [-0.39, 0.29) is 29.4 Å². The van der Waals surface area contributed by atoms with Crippen molar-refractivity contribution < 1.29 is 18.3 Å². The molecule has 1 aliphatic heterocycles. The summed E-state index contributed by atoms with van der Waals surface area (Å²) >= 11 is 5.95. The molecule has 37 heavy (non-hydrogen) atoms. The van der Waals surface area contributed by atoms with Gasteiger partial charge in [-0.05, 0) is 54.7 Å². The van der Waals surface area contributed by atoms with Crippen molar-refractivity contribution in [3.05, 3.63) is 113 Å². The third-order valence-electron chi connectivity index (χ3n) is 6.51. The number of benzene rings is 3. The summed E-state index contributed by atoms with van der Waals surface area (Å²) in [6, 6.07) is 26.1. The summed E-state index contributed by atoms with van der Waals surface area (Å²) in [7, 11) is -3.73. The molecule has 0 amide bonds. The summed E-state index contributed by atoms with van der Waals surface area (Å²) in [5.41, 5.74) is 2.25. The largest absolute Gasteiger partial charge is 0.481 e. The van der Waals surface area contributed by atoms with Gasteiger partial charge in [0, 0.05) is 30.1 Å². The number of rotatable bonds is 11. The van der Waals surface area contributed by atoms with Gasteiger partial charge in [0.15, 0.2) is 0 Å². The van der Waals surface area contributed by atoms with Crippen molar-refractivity contribution in [2.24, 2.45) is 0 Å². The molecule has 3 aromatic carbocycles. The van der Waals surface area contributed by atoms with Crippen LogP contribution in [0.1, 0.15) is 42.9 Å². The van der Waals surface area contributed by atoms with Crippen LogP contribution >= 0.6 is 11.6 Å². The minimum Gasteiger partial charge on any atom is -0.481 e. The first kappa shape index (κ1) is 27.1. The highest BCUT2D eigenvalue weighted by Crippen LogP contribution is 2.36. The number of carboxylic acids is 1. The lowest BCUT2D eigenvalue weighted by atomic mass is 9.96. The fourth-order valence-electron chi connectivity index (χ4n) is 4.83. The third-order valence-corrected chi connectivity index (χ3v) is 8.30. The maximum Gasteiger partial charge on any atom is 0.303 e. The van der Waals surface area contributed by atoms with Crippen molar-refractivity contribution in [2.45, 2.75) is 48.7 Å². The number of unbranched alkanes of at least 4 members (excludes halogenated alkanes) is 1. The van der Waals surface area contributed by atoms with Crippen molar-refractivity contribution in [3.8, 4) is 0 Å². The van der Waals surface area contributed by atoms with Crippen LogP contribution in [0.25, 0.3) is 0 Å². The second-order valence-corrected chi connectivity index (χ2v) is 11.4. The Morgan fingerprint density at radius 1 is 1.00 bits per heavy atom. The van der Waals surface area contributed by atoms with Crippen molar-refractivity contribution in [1.29, 1.82) is 0 Å². The normalized spacial score (nSPS) is 18.5. The van der Waals surface area contributed by atoms with E-state index in [0.29, 0.717) is 30.8 Å². The van der Waals surface area contributed by atoms with Gasteiger partial charge in [-0.2, -0.15) is 0 Å². The predicted molar refractivity (Wildman–Crippen MR) is 146 cm³/mol. The summed E-state index contributed by atoms with van der Waals surface area (Å²) in [4.78, 5) is 13.4. The van der Waals surface area contributed by atoms with E-state index in [1.54, 1.807) is 12.1 Å². The molecule has 6 nitrogen and oxygen atoms in total. The van der Waals surface area contributed by atoms with E-state index >= 15 is 0 Å². The van der Waals surface area contributed by atoms with Gasteiger partial charge in [-0.1, -0.05) is 84.4 Å². The highest BCUT2D eigenvalue weighted by atomic mass is 35.5. The van der Waals surface area contributed by atoms with Crippen LogP contribution in [0, 0.1) is 0 Å². The fraction of sp³-hybridized carbons (Fsp3) is 0.276. The average molecular weight is 539 g/mol. The van der Waals surface area contributed by atoms with Crippen LogP contribution in [0.3, 0.4) is 0 Å². The van der Waals surface area contributed by atoms with Crippen molar-refractivity contribution in [3.63, 3.8) is 0 Å². The summed E-state index contributed by atoms with van der Waals surface area (Å²) in [6.07, 6.45) is 6.05. The molecule has 0 bridgehead atoms. The Morgan fingerprint density at radius 3 is 2.16 bits per heavy atom. The summed E-state index contributed by atoms with van der Waals surface area (Å²) in [6.45, 7) is 0.519. The van der Waals surface area contributed by atoms with Crippen LogP contribution < -0.4 is 4.72 Å². The Hall–Kier alpha value is -2.97. The number of aliphatic carboxylic acids is 1. The number of sulfonamides is 1. The molecule has 8 heteroatoms. The minimum atomic E-state index is -3.73. The number of likely N-dealkylation sites (tertiary alicyclic amines) is 1. The van der Waals surface area contributed by atoms with Crippen molar-refractivity contribution in [1.82, 2.24) is 9.62 Å². The van der Waals surface area contributed by atoms with Gasteiger partial charge in [-0.3, -0.25) is 9.69 Å². The molecule has 0 aromatic heterocycles. The minimum absolute atomic E-state index is 0.0341. The zero-order chi connectivity index (χ0) is 26.3. The average Bonchev–Trinajstić information content (AvgIpc) is 3.26. The topological polar surface area (TPSA) is 86.7 Å². The molecule has 1 saturated heterocycles. The molecule has 0 spiro atoms. The molecular formula is C29H31ClN2O4S. The number of carbonyl (C=O) groups is 1. The summed E-state index contributed by atoms with van der Waals surface area (Å²) in [5.74, 6) is -0.805. The molecule has 3 aromatic rings. The van der Waals surface area contributed by atoms with Gasteiger partial charge in [0.1, 0.15) is 0 Å². The fourth-order valence-corrected chi connectivity index (χ4v) is 6.20. The van der Waals surface area contributed by atoms with Gasteiger partial charge in [0.2, 0.25) is 10.0 Å². The maximum absolute atomic E-state index is 13.1. The number of allylic oxidation sites excluding steroid dienone is 1. The van der Waals surface area contributed by atoms with E-state index in [2.05, 4.69) is 40.0 Å². The molecule has 0 saturated carbocycles. The van der Waals surface area contributed by atoms with Crippen LogP contribution in [0.4, 0.5) is 0 Å². The Balaban J connectivity index is 1.62. The SMILES string of the molecule is O=C(O)CCCC=C[C@@H]1C[C@@H](NS(=O)(=O)c2ccc(Cl)cc2)CN1C(c1ccccc1)c1ccccc1. The molecule has 1 heterocycles. The molecule has 0 unspecified atom stereocenters. The van der Waals surface area contributed by atoms with E-state index in [0.717, 1.165) is 11.1 Å². The highest BCUT2D eigenvalue weighted by molar-refractivity contribution is 7.89. The number of halogens is 1. The van der Waals surface area contributed by atoms with Crippen molar-refractivity contribution in [2.75, 3.05) is 6.54 Å². The van der Waals surface area contributed by atoms with Crippen LogP contribution in [0.2, 0.25) is 5.02 Å². The molecule has 2 atom stereocenters. The maximum atomic E-state index is 13.1.